The number of halogens is 2. The van der Waals surface area contributed by atoms with Crippen LogP contribution in [0.1, 0.15) is 16.2 Å². The summed E-state index contributed by atoms with van der Waals surface area (Å²) in [6.45, 7) is 0.0700. The zero-order chi connectivity index (χ0) is 16.2. The molecule has 0 aliphatic carbocycles. The molecular formula is C15H11F2N5O. The van der Waals surface area contributed by atoms with E-state index in [4.69, 9.17) is 0 Å². The highest BCUT2D eigenvalue weighted by Gasteiger charge is 2.11. The molecule has 8 heteroatoms. The number of carbonyl (C=O) groups is 1. The van der Waals surface area contributed by atoms with Crippen molar-refractivity contribution >= 4 is 5.91 Å². The van der Waals surface area contributed by atoms with Gasteiger partial charge in [0.15, 0.2) is 5.82 Å². The third kappa shape index (κ3) is 3.37. The van der Waals surface area contributed by atoms with Gasteiger partial charge in [0, 0.05) is 5.56 Å². The minimum Gasteiger partial charge on any atom is -0.345 e. The predicted molar refractivity (Wildman–Crippen MR) is 76.7 cm³/mol. The highest BCUT2D eigenvalue weighted by molar-refractivity contribution is 5.94. The van der Waals surface area contributed by atoms with E-state index >= 15 is 0 Å². The molecule has 0 atom stereocenters. The van der Waals surface area contributed by atoms with Crippen LogP contribution in [0.3, 0.4) is 0 Å². The zero-order valence-corrected chi connectivity index (χ0v) is 11.8. The number of nitrogens with zero attached hydrogens (tertiary/aromatic N) is 4. The van der Waals surface area contributed by atoms with Crippen molar-refractivity contribution in [2.75, 3.05) is 0 Å². The van der Waals surface area contributed by atoms with Gasteiger partial charge < -0.3 is 5.32 Å². The van der Waals surface area contributed by atoms with Gasteiger partial charge in [0.05, 0.1) is 12.2 Å². The zero-order valence-electron chi connectivity index (χ0n) is 11.8. The van der Waals surface area contributed by atoms with Gasteiger partial charge in [-0.25, -0.2) is 8.78 Å². The number of rotatable bonds is 4. The van der Waals surface area contributed by atoms with Crippen molar-refractivity contribution < 1.29 is 13.6 Å². The number of hydrogen-bond acceptors (Lipinski definition) is 4. The number of hydrogen-bond donors (Lipinski definition) is 1. The minimum absolute atomic E-state index is 0.0700. The lowest BCUT2D eigenvalue weighted by atomic mass is 10.2. The molecule has 0 bridgehead atoms. The molecule has 2 aromatic carbocycles. The van der Waals surface area contributed by atoms with Crippen LogP contribution in [0.15, 0.2) is 48.5 Å². The summed E-state index contributed by atoms with van der Waals surface area (Å²) in [5.41, 5.74) is 0.898. The molecule has 1 amide bonds. The van der Waals surface area contributed by atoms with Gasteiger partial charge >= 0.3 is 0 Å². The quantitative estimate of drug-likeness (QED) is 0.798. The summed E-state index contributed by atoms with van der Waals surface area (Å²) >= 11 is 0. The molecule has 0 spiro atoms. The van der Waals surface area contributed by atoms with Crippen LogP contribution in [0.4, 0.5) is 8.78 Å². The normalized spacial score (nSPS) is 10.5. The first-order chi connectivity index (χ1) is 11.1. The van der Waals surface area contributed by atoms with E-state index in [2.05, 4.69) is 20.8 Å². The van der Waals surface area contributed by atoms with Crippen molar-refractivity contribution in [3.63, 3.8) is 0 Å². The fourth-order valence-corrected chi connectivity index (χ4v) is 1.96. The summed E-state index contributed by atoms with van der Waals surface area (Å²) in [7, 11) is 0. The molecule has 1 aromatic heterocycles. The van der Waals surface area contributed by atoms with Crippen LogP contribution in [0.2, 0.25) is 0 Å². The van der Waals surface area contributed by atoms with Crippen LogP contribution in [0, 0.1) is 11.6 Å². The van der Waals surface area contributed by atoms with Gasteiger partial charge in [0.1, 0.15) is 11.6 Å². The summed E-state index contributed by atoms with van der Waals surface area (Å²) in [4.78, 5) is 12.0. The second-order valence-corrected chi connectivity index (χ2v) is 4.67. The SMILES string of the molecule is O=C(NCc1nnnn1-c1ccc(F)cc1)c1ccc(F)cc1. The second-order valence-electron chi connectivity index (χ2n) is 4.67. The van der Waals surface area contributed by atoms with Crippen LogP contribution in [0.5, 0.6) is 0 Å². The summed E-state index contributed by atoms with van der Waals surface area (Å²) in [5, 5.41) is 13.8. The Morgan fingerprint density at radius 3 is 2.26 bits per heavy atom. The van der Waals surface area contributed by atoms with Crippen molar-refractivity contribution in [1.82, 2.24) is 25.5 Å². The highest BCUT2D eigenvalue weighted by Crippen LogP contribution is 2.09. The Morgan fingerprint density at radius 1 is 1.00 bits per heavy atom. The topological polar surface area (TPSA) is 72.7 Å². The summed E-state index contributed by atoms with van der Waals surface area (Å²) in [6.07, 6.45) is 0. The van der Waals surface area contributed by atoms with Gasteiger partial charge in [0.2, 0.25) is 0 Å². The second kappa shape index (κ2) is 6.30. The van der Waals surface area contributed by atoms with Gasteiger partial charge in [-0.15, -0.1) is 5.10 Å². The van der Waals surface area contributed by atoms with Crippen molar-refractivity contribution in [3.05, 3.63) is 71.6 Å². The number of aromatic nitrogens is 4. The molecule has 0 fully saturated rings. The molecule has 0 aliphatic rings. The van der Waals surface area contributed by atoms with Gasteiger partial charge in [-0.2, -0.15) is 4.68 Å². The molecule has 1 heterocycles. The molecule has 3 aromatic rings. The average molecular weight is 315 g/mol. The minimum atomic E-state index is -0.415. The molecule has 0 radical (unpaired) electrons. The first kappa shape index (κ1) is 14.8. The Labute approximate surface area is 129 Å². The standard InChI is InChI=1S/C15H11F2N5O/c16-11-3-1-10(2-4-11)15(23)18-9-14-19-20-21-22(14)13-7-5-12(17)6-8-13/h1-8H,9H2,(H,18,23). The van der Waals surface area contributed by atoms with E-state index in [1.54, 1.807) is 0 Å². The summed E-state index contributed by atoms with van der Waals surface area (Å²) in [6, 6.07) is 10.8. The molecule has 0 saturated heterocycles. The van der Waals surface area contributed by atoms with Crippen LogP contribution in [-0.2, 0) is 6.54 Å². The molecule has 6 nitrogen and oxygen atoms in total. The van der Waals surface area contributed by atoms with Gasteiger partial charge in [-0.3, -0.25) is 4.79 Å². The number of tetrazole rings is 1. The molecule has 116 valence electrons. The Bertz CT molecular complexity index is 815. The van der Waals surface area contributed by atoms with Crippen LogP contribution < -0.4 is 5.32 Å². The first-order valence-corrected chi connectivity index (χ1v) is 6.70. The summed E-state index contributed by atoms with van der Waals surface area (Å²) < 4.78 is 27.2. The van der Waals surface area contributed by atoms with E-state index < -0.39 is 5.82 Å². The van der Waals surface area contributed by atoms with Crippen molar-refractivity contribution in [2.24, 2.45) is 0 Å². The molecule has 0 unspecified atom stereocenters. The summed E-state index contributed by atoms with van der Waals surface area (Å²) in [5.74, 6) is -0.777. The maximum absolute atomic E-state index is 13.0. The predicted octanol–water partition coefficient (Wildman–Crippen LogP) is 1.87. The Kier molecular flexibility index (Phi) is 4.05. The van der Waals surface area contributed by atoms with Gasteiger partial charge in [0.25, 0.3) is 5.91 Å². The van der Waals surface area contributed by atoms with Crippen molar-refractivity contribution in [3.8, 4) is 5.69 Å². The van der Waals surface area contributed by atoms with E-state index in [0.717, 1.165) is 0 Å². The fraction of sp³-hybridized carbons (Fsp3) is 0.0667. The third-order valence-electron chi connectivity index (χ3n) is 3.12. The molecule has 0 aliphatic heterocycles. The van der Waals surface area contributed by atoms with E-state index in [-0.39, 0.29) is 18.3 Å². The van der Waals surface area contributed by atoms with Crippen LogP contribution in [-0.4, -0.2) is 26.1 Å². The molecular weight excluding hydrogens is 304 g/mol. The maximum Gasteiger partial charge on any atom is 0.251 e. The van der Waals surface area contributed by atoms with Gasteiger partial charge in [-0.05, 0) is 59.0 Å². The fourth-order valence-electron chi connectivity index (χ4n) is 1.96. The van der Waals surface area contributed by atoms with Gasteiger partial charge in [-0.1, -0.05) is 0 Å². The lowest BCUT2D eigenvalue weighted by molar-refractivity contribution is 0.0949. The van der Waals surface area contributed by atoms with Crippen LogP contribution in [0.25, 0.3) is 5.69 Å². The molecule has 1 N–H and O–H groups in total. The van der Waals surface area contributed by atoms with Crippen molar-refractivity contribution in [1.29, 1.82) is 0 Å². The monoisotopic (exact) mass is 315 g/mol. The number of amides is 1. The first-order valence-electron chi connectivity index (χ1n) is 6.70. The Balaban J connectivity index is 1.72. The van der Waals surface area contributed by atoms with E-state index in [9.17, 15) is 13.6 Å². The Hall–Kier alpha value is -3.16. The van der Waals surface area contributed by atoms with Crippen molar-refractivity contribution in [2.45, 2.75) is 6.54 Å². The lowest BCUT2D eigenvalue weighted by Gasteiger charge is -2.06. The van der Waals surface area contributed by atoms with E-state index in [0.29, 0.717) is 17.1 Å². The van der Waals surface area contributed by atoms with E-state index in [1.165, 1.54) is 53.2 Å². The largest absolute Gasteiger partial charge is 0.345 e. The highest BCUT2D eigenvalue weighted by atomic mass is 19.1. The number of carbonyl (C=O) groups excluding carboxylic acids is 1. The molecule has 0 saturated carbocycles. The lowest BCUT2D eigenvalue weighted by Crippen LogP contribution is -2.24. The number of benzene rings is 2. The maximum atomic E-state index is 13.0. The smallest absolute Gasteiger partial charge is 0.251 e. The average Bonchev–Trinajstić information content (AvgIpc) is 3.02. The number of nitrogens with one attached hydrogen (secondary N) is 1. The molecule has 3 rings (SSSR count). The van der Waals surface area contributed by atoms with Crippen LogP contribution >= 0.6 is 0 Å². The molecule has 23 heavy (non-hydrogen) atoms. The Morgan fingerprint density at radius 2 is 1.61 bits per heavy atom. The third-order valence-corrected chi connectivity index (χ3v) is 3.12. The van der Waals surface area contributed by atoms with E-state index in [1.807, 2.05) is 0 Å².